The van der Waals surface area contributed by atoms with Gasteiger partial charge in [0.15, 0.2) is 6.04 Å². The maximum Gasteiger partial charge on any atom is 0.373 e. The predicted molar refractivity (Wildman–Crippen MR) is 205 cm³/mol. The van der Waals surface area contributed by atoms with Crippen molar-refractivity contribution in [3.63, 3.8) is 0 Å². The molecule has 1 aliphatic carbocycles. The molecule has 1 saturated heterocycles. The highest BCUT2D eigenvalue weighted by Crippen LogP contribution is 2.31. The Kier molecular flexibility index (Phi) is 16.6. The Balaban J connectivity index is 1.51. The number of aliphatic carboxylic acids is 2. The lowest BCUT2D eigenvalue weighted by Gasteiger charge is -2.35. The number of ether oxygens (including phenoxy) is 1. The average Bonchev–Trinajstić information content (AvgIpc) is 3.67. The second-order valence-electron chi connectivity index (χ2n) is 14.6. The Hall–Kier alpha value is -5.97. The summed E-state index contributed by atoms with van der Waals surface area (Å²) in [5.74, 6) is -11.9. The van der Waals surface area contributed by atoms with Gasteiger partial charge >= 0.3 is 11.9 Å². The molecular weight excluding hydrogens is 754 g/mol. The van der Waals surface area contributed by atoms with Crippen LogP contribution in [0.3, 0.4) is 0 Å². The van der Waals surface area contributed by atoms with Crippen molar-refractivity contribution in [3.05, 3.63) is 71.8 Å². The minimum atomic E-state index is -1.79. The van der Waals surface area contributed by atoms with E-state index in [1.54, 1.807) is 25.1 Å². The SMILES string of the molecule is CCCC(NC(=O)[C@@H]1C[C@@H](OCc2ccccc2)CN1C(=O)C(NC(=O)C(C)C(=O)C(=O)O)C1CCCCC1)C(=O)C(=O)NCC(=O)NC(C(=O)O)c1ccccc1. The second kappa shape index (κ2) is 21.5. The average molecular weight is 806 g/mol. The molecule has 5 amide bonds. The third-order valence-electron chi connectivity index (χ3n) is 10.4. The van der Waals surface area contributed by atoms with Gasteiger partial charge in [0.2, 0.25) is 29.4 Å². The van der Waals surface area contributed by atoms with E-state index in [2.05, 4.69) is 21.3 Å². The predicted octanol–water partition coefficient (Wildman–Crippen LogP) is 1.44. The first-order valence-electron chi connectivity index (χ1n) is 19.4. The molecule has 17 nitrogen and oxygen atoms in total. The summed E-state index contributed by atoms with van der Waals surface area (Å²) < 4.78 is 6.14. The third kappa shape index (κ3) is 12.3. The van der Waals surface area contributed by atoms with Crippen LogP contribution >= 0.6 is 0 Å². The summed E-state index contributed by atoms with van der Waals surface area (Å²) in [6.07, 6.45) is 3.24. The van der Waals surface area contributed by atoms with Crippen LogP contribution in [0.2, 0.25) is 0 Å². The number of hydrogen-bond donors (Lipinski definition) is 6. The van der Waals surface area contributed by atoms with Crippen LogP contribution in [0.4, 0.5) is 0 Å². The summed E-state index contributed by atoms with van der Waals surface area (Å²) in [5.41, 5.74) is 1.13. The van der Waals surface area contributed by atoms with Gasteiger partial charge in [0, 0.05) is 13.0 Å². The lowest BCUT2D eigenvalue weighted by atomic mass is 9.83. The molecule has 2 fully saturated rings. The van der Waals surface area contributed by atoms with Crippen molar-refractivity contribution in [3.8, 4) is 0 Å². The van der Waals surface area contributed by atoms with Gasteiger partial charge in [-0.1, -0.05) is 93.3 Å². The highest BCUT2D eigenvalue weighted by molar-refractivity contribution is 6.39. The van der Waals surface area contributed by atoms with Crippen LogP contribution in [0.5, 0.6) is 0 Å². The molecule has 17 heteroatoms. The van der Waals surface area contributed by atoms with Crippen LogP contribution < -0.4 is 21.3 Å². The summed E-state index contributed by atoms with van der Waals surface area (Å²) >= 11 is 0. The molecule has 6 atom stereocenters. The van der Waals surface area contributed by atoms with Crippen molar-refractivity contribution in [2.24, 2.45) is 11.8 Å². The fourth-order valence-corrected chi connectivity index (χ4v) is 7.19. The molecule has 2 aromatic carbocycles. The van der Waals surface area contributed by atoms with E-state index in [0.717, 1.165) is 31.7 Å². The van der Waals surface area contributed by atoms with E-state index in [4.69, 9.17) is 4.74 Å². The molecular formula is C41H51N5O12. The lowest BCUT2D eigenvalue weighted by molar-refractivity contribution is -0.153. The molecule has 6 N–H and O–H groups in total. The van der Waals surface area contributed by atoms with E-state index in [1.165, 1.54) is 17.0 Å². The Morgan fingerprint density at radius 1 is 0.828 bits per heavy atom. The number of Topliss-reactive ketones (excluding diaryl/α,β-unsaturated/α-hetero) is 2. The number of nitrogens with one attached hydrogen (secondary N) is 4. The van der Waals surface area contributed by atoms with Gasteiger partial charge in [-0.2, -0.15) is 0 Å². The zero-order valence-electron chi connectivity index (χ0n) is 32.5. The van der Waals surface area contributed by atoms with Crippen LogP contribution in [-0.2, 0) is 54.5 Å². The summed E-state index contributed by atoms with van der Waals surface area (Å²) in [7, 11) is 0. The number of ketones is 2. The van der Waals surface area contributed by atoms with Gasteiger partial charge in [-0.25, -0.2) is 9.59 Å². The maximum atomic E-state index is 14.5. The van der Waals surface area contributed by atoms with Crippen LogP contribution in [0.1, 0.15) is 82.4 Å². The topological polar surface area (TPSA) is 255 Å². The standard InChI is InChI=1S/C41H51N5O12/c1-3-13-29(35(49)38(52)42-21-31(47)44-33(40(54)55)27-18-11-6-12-19-27)43-37(51)30-20-28(58-23-25-14-7-4-8-15-25)22-46(30)39(53)32(26-16-9-5-10-17-26)45-36(50)24(2)34(48)41(56)57/h4,6-8,11-12,14-15,18-19,24,26,28-30,32-33H,3,5,9-10,13,16-17,20-23H2,1-2H3,(H,42,52)(H,43,51)(H,44,47)(H,45,50)(H,54,55)(H,56,57)/t24?,28-,29?,30+,32?,33?/m1/s1. The molecule has 1 saturated carbocycles. The molecule has 312 valence electrons. The van der Waals surface area contributed by atoms with Crippen molar-refractivity contribution in [1.29, 1.82) is 0 Å². The first-order valence-corrected chi connectivity index (χ1v) is 19.4. The number of hydrogen-bond acceptors (Lipinski definition) is 10. The van der Waals surface area contributed by atoms with Crippen LogP contribution in [-0.4, -0.2) is 105 Å². The quantitative estimate of drug-likeness (QED) is 0.0822. The van der Waals surface area contributed by atoms with Crippen molar-refractivity contribution in [2.75, 3.05) is 13.1 Å². The van der Waals surface area contributed by atoms with Crippen LogP contribution in [0, 0.1) is 11.8 Å². The molecule has 58 heavy (non-hydrogen) atoms. The van der Waals surface area contributed by atoms with Crippen molar-refractivity contribution in [2.45, 2.75) is 102 Å². The van der Waals surface area contributed by atoms with Gasteiger partial charge in [0.05, 0.1) is 25.3 Å². The zero-order chi connectivity index (χ0) is 42.4. The molecule has 0 radical (unpaired) electrons. The Labute approximate surface area is 335 Å². The first-order chi connectivity index (χ1) is 27.7. The van der Waals surface area contributed by atoms with Gasteiger partial charge in [-0.05, 0) is 43.2 Å². The highest BCUT2D eigenvalue weighted by Gasteiger charge is 2.46. The van der Waals surface area contributed by atoms with Crippen molar-refractivity contribution < 1.29 is 58.1 Å². The monoisotopic (exact) mass is 805 g/mol. The summed E-state index contributed by atoms with van der Waals surface area (Å²) in [4.78, 5) is 117. The van der Waals surface area contributed by atoms with E-state index in [-0.39, 0.29) is 31.9 Å². The van der Waals surface area contributed by atoms with E-state index in [1.807, 2.05) is 30.3 Å². The third-order valence-corrected chi connectivity index (χ3v) is 10.4. The van der Waals surface area contributed by atoms with Crippen LogP contribution in [0.15, 0.2) is 60.7 Å². The van der Waals surface area contributed by atoms with Gasteiger partial charge in [0.1, 0.15) is 18.0 Å². The van der Waals surface area contributed by atoms with E-state index < -0.39 is 95.8 Å². The number of carboxylic acids is 2. The maximum absolute atomic E-state index is 14.5. The van der Waals surface area contributed by atoms with Gasteiger partial charge in [-0.15, -0.1) is 0 Å². The van der Waals surface area contributed by atoms with Crippen LogP contribution in [0.25, 0.3) is 0 Å². The summed E-state index contributed by atoms with van der Waals surface area (Å²) in [6.45, 7) is 2.21. The van der Waals surface area contributed by atoms with Gasteiger partial charge in [0.25, 0.3) is 11.7 Å². The fraction of sp³-hybridized carbons (Fsp3) is 0.488. The normalized spacial score (nSPS) is 18.8. The molecule has 1 heterocycles. The number of benzene rings is 2. The number of rotatable bonds is 20. The Morgan fingerprint density at radius 2 is 1.47 bits per heavy atom. The fourth-order valence-electron chi connectivity index (χ4n) is 7.19. The molecule has 2 aliphatic rings. The Morgan fingerprint density at radius 3 is 2.07 bits per heavy atom. The molecule has 0 aromatic heterocycles. The number of nitrogens with zero attached hydrogens (tertiary/aromatic N) is 1. The second-order valence-corrected chi connectivity index (χ2v) is 14.6. The van der Waals surface area contributed by atoms with E-state index in [0.29, 0.717) is 24.8 Å². The van der Waals surface area contributed by atoms with Gasteiger partial charge < -0.3 is 41.1 Å². The Bertz CT molecular complexity index is 1820. The minimum absolute atomic E-state index is 0.00476. The van der Waals surface area contributed by atoms with E-state index in [9.17, 15) is 53.4 Å². The number of likely N-dealkylation sites (tertiary alicyclic amines) is 1. The lowest BCUT2D eigenvalue weighted by Crippen LogP contribution is -2.58. The number of amides is 5. The molecule has 0 spiro atoms. The first kappa shape index (κ1) is 44.7. The molecule has 4 unspecified atom stereocenters. The van der Waals surface area contributed by atoms with Gasteiger partial charge in [-0.3, -0.25) is 33.6 Å². The highest BCUT2D eigenvalue weighted by atomic mass is 16.5. The summed E-state index contributed by atoms with van der Waals surface area (Å²) in [5, 5.41) is 28.5. The molecule has 4 rings (SSSR count). The number of carbonyl (C=O) groups excluding carboxylic acids is 7. The minimum Gasteiger partial charge on any atom is -0.479 e. The molecule has 1 aliphatic heterocycles. The number of carbonyl (C=O) groups is 9. The summed E-state index contributed by atoms with van der Waals surface area (Å²) in [6, 6.07) is 11.9. The molecule has 0 bridgehead atoms. The van der Waals surface area contributed by atoms with Crippen molar-refractivity contribution >= 4 is 53.0 Å². The molecule has 2 aromatic rings. The van der Waals surface area contributed by atoms with Crippen molar-refractivity contribution in [1.82, 2.24) is 26.2 Å². The number of carboxylic acid groups (broad SMARTS) is 2. The largest absolute Gasteiger partial charge is 0.479 e. The smallest absolute Gasteiger partial charge is 0.373 e. The zero-order valence-corrected chi connectivity index (χ0v) is 32.5. The van der Waals surface area contributed by atoms with E-state index >= 15 is 0 Å².